The van der Waals surface area contributed by atoms with Crippen LogP contribution in [0.4, 0.5) is 0 Å². The number of benzene rings is 1. The summed E-state index contributed by atoms with van der Waals surface area (Å²) in [4.78, 5) is 22.4. The zero-order chi connectivity index (χ0) is 13.1. The second-order valence-corrected chi connectivity index (χ2v) is 4.12. The monoisotopic (exact) mass is 250 g/mol. The third-order valence-electron chi connectivity index (χ3n) is 2.85. The summed E-state index contributed by atoms with van der Waals surface area (Å²) >= 11 is 0. The van der Waals surface area contributed by atoms with Crippen molar-refractivity contribution < 1.29 is 23.8 Å². The Balaban J connectivity index is 2.18. The molecular weight excluding hydrogens is 236 g/mol. The molecule has 1 heterocycles. The van der Waals surface area contributed by atoms with Crippen molar-refractivity contribution in [2.24, 2.45) is 5.92 Å². The molecule has 1 aromatic rings. The van der Waals surface area contributed by atoms with Gasteiger partial charge in [-0.2, -0.15) is 0 Å². The molecule has 0 spiro atoms. The summed E-state index contributed by atoms with van der Waals surface area (Å²) in [5.41, 5.74) is 0.878. The Hall–Kier alpha value is -2.04. The molecule has 0 N–H and O–H groups in total. The van der Waals surface area contributed by atoms with E-state index in [1.54, 1.807) is 20.3 Å². The van der Waals surface area contributed by atoms with E-state index in [0.29, 0.717) is 17.9 Å². The van der Waals surface area contributed by atoms with Crippen LogP contribution in [-0.2, 0) is 20.7 Å². The number of carbonyl (C=O) groups is 2. The standard InChI is InChI=1S/C13H14O5/c1-16-10-4-8(5-11(7-10)17-2)3-9-6-12(14)18-13(9)15/h4-5,7,9H,3,6H2,1-2H3. The van der Waals surface area contributed by atoms with Crippen molar-refractivity contribution in [3.63, 3.8) is 0 Å². The minimum absolute atomic E-state index is 0.137. The molecule has 96 valence electrons. The van der Waals surface area contributed by atoms with Crippen LogP contribution in [0.15, 0.2) is 18.2 Å². The van der Waals surface area contributed by atoms with E-state index >= 15 is 0 Å². The van der Waals surface area contributed by atoms with Crippen molar-refractivity contribution >= 4 is 11.9 Å². The molecular formula is C13H14O5. The molecule has 0 aliphatic carbocycles. The van der Waals surface area contributed by atoms with E-state index in [9.17, 15) is 9.59 Å². The number of methoxy groups -OCH3 is 2. The van der Waals surface area contributed by atoms with Gasteiger partial charge in [0, 0.05) is 6.07 Å². The first-order valence-corrected chi connectivity index (χ1v) is 5.59. The number of cyclic esters (lactones) is 2. The zero-order valence-corrected chi connectivity index (χ0v) is 10.3. The number of hydrogen-bond acceptors (Lipinski definition) is 5. The van der Waals surface area contributed by atoms with Crippen LogP contribution in [0.3, 0.4) is 0 Å². The van der Waals surface area contributed by atoms with E-state index in [-0.39, 0.29) is 6.42 Å². The molecule has 5 heteroatoms. The van der Waals surface area contributed by atoms with Gasteiger partial charge in [0.25, 0.3) is 0 Å². The van der Waals surface area contributed by atoms with Crippen molar-refractivity contribution in [3.8, 4) is 11.5 Å². The molecule has 18 heavy (non-hydrogen) atoms. The lowest BCUT2D eigenvalue weighted by atomic mass is 9.98. The van der Waals surface area contributed by atoms with Gasteiger partial charge in [0.1, 0.15) is 11.5 Å². The quantitative estimate of drug-likeness (QED) is 0.596. The largest absolute Gasteiger partial charge is 0.497 e. The highest BCUT2D eigenvalue weighted by molar-refractivity contribution is 5.94. The number of esters is 2. The van der Waals surface area contributed by atoms with E-state index in [4.69, 9.17) is 9.47 Å². The fraction of sp³-hybridized carbons (Fsp3) is 0.385. The minimum Gasteiger partial charge on any atom is -0.497 e. The summed E-state index contributed by atoms with van der Waals surface area (Å²) in [7, 11) is 3.12. The highest BCUT2D eigenvalue weighted by atomic mass is 16.6. The van der Waals surface area contributed by atoms with E-state index in [1.807, 2.05) is 12.1 Å². The molecule has 1 saturated heterocycles. The fourth-order valence-corrected chi connectivity index (χ4v) is 1.95. The molecule has 0 aromatic heterocycles. The van der Waals surface area contributed by atoms with Gasteiger partial charge in [-0.1, -0.05) is 0 Å². The number of carbonyl (C=O) groups excluding carboxylic acids is 2. The Bertz CT molecular complexity index is 458. The lowest BCUT2D eigenvalue weighted by Gasteiger charge is -2.09. The molecule has 1 unspecified atom stereocenters. The van der Waals surface area contributed by atoms with Crippen LogP contribution >= 0.6 is 0 Å². The fourth-order valence-electron chi connectivity index (χ4n) is 1.95. The van der Waals surface area contributed by atoms with Crippen LogP contribution in [0.2, 0.25) is 0 Å². The molecule has 1 aromatic carbocycles. The Labute approximate surface area is 105 Å². The van der Waals surface area contributed by atoms with E-state index < -0.39 is 17.9 Å². The third-order valence-corrected chi connectivity index (χ3v) is 2.85. The predicted molar refractivity (Wildman–Crippen MR) is 62.5 cm³/mol. The van der Waals surface area contributed by atoms with Gasteiger partial charge in [-0.25, -0.2) is 0 Å². The molecule has 5 nitrogen and oxygen atoms in total. The Kier molecular flexibility index (Phi) is 3.50. The average molecular weight is 250 g/mol. The first-order valence-electron chi connectivity index (χ1n) is 5.59. The van der Waals surface area contributed by atoms with Gasteiger partial charge >= 0.3 is 11.9 Å². The van der Waals surface area contributed by atoms with Crippen molar-refractivity contribution in [2.75, 3.05) is 14.2 Å². The normalized spacial score (nSPS) is 18.7. The van der Waals surface area contributed by atoms with Gasteiger partial charge in [-0.15, -0.1) is 0 Å². The molecule has 0 radical (unpaired) electrons. The SMILES string of the molecule is COc1cc(CC2CC(=O)OC2=O)cc(OC)c1. The van der Waals surface area contributed by atoms with Crippen LogP contribution in [0.1, 0.15) is 12.0 Å². The Morgan fingerprint density at radius 1 is 1.17 bits per heavy atom. The maximum absolute atomic E-state index is 11.4. The van der Waals surface area contributed by atoms with Crippen molar-refractivity contribution in [1.82, 2.24) is 0 Å². The van der Waals surface area contributed by atoms with Crippen molar-refractivity contribution in [2.45, 2.75) is 12.8 Å². The highest BCUT2D eigenvalue weighted by Crippen LogP contribution is 2.27. The lowest BCUT2D eigenvalue weighted by Crippen LogP contribution is -2.10. The lowest BCUT2D eigenvalue weighted by molar-refractivity contribution is -0.153. The Morgan fingerprint density at radius 3 is 2.22 bits per heavy atom. The molecule has 0 saturated carbocycles. The highest BCUT2D eigenvalue weighted by Gasteiger charge is 2.33. The second kappa shape index (κ2) is 5.08. The van der Waals surface area contributed by atoms with Gasteiger partial charge in [-0.3, -0.25) is 9.59 Å². The molecule has 0 amide bonds. The number of hydrogen-bond donors (Lipinski definition) is 0. The van der Waals surface area contributed by atoms with E-state index in [1.165, 1.54) is 0 Å². The van der Waals surface area contributed by atoms with Crippen LogP contribution in [-0.4, -0.2) is 26.2 Å². The molecule has 0 bridgehead atoms. The van der Waals surface area contributed by atoms with Gasteiger partial charge < -0.3 is 14.2 Å². The number of rotatable bonds is 4. The van der Waals surface area contributed by atoms with Crippen LogP contribution in [0, 0.1) is 5.92 Å². The van der Waals surface area contributed by atoms with Gasteiger partial charge in [0.15, 0.2) is 0 Å². The first kappa shape index (κ1) is 12.4. The van der Waals surface area contributed by atoms with Crippen LogP contribution in [0.5, 0.6) is 11.5 Å². The minimum atomic E-state index is -0.458. The zero-order valence-electron chi connectivity index (χ0n) is 10.3. The summed E-state index contributed by atoms with van der Waals surface area (Å²) in [6.45, 7) is 0. The van der Waals surface area contributed by atoms with Crippen LogP contribution < -0.4 is 9.47 Å². The molecule has 1 aliphatic rings. The molecule has 2 rings (SSSR count). The van der Waals surface area contributed by atoms with Gasteiger partial charge in [0.2, 0.25) is 0 Å². The Morgan fingerprint density at radius 2 is 1.78 bits per heavy atom. The maximum Gasteiger partial charge on any atom is 0.317 e. The summed E-state index contributed by atoms with van der Waals surface area (Å²) in [5, 5.41) is 0. The summed E-state index contributed by atoms with van der Waals surface area (Å²) in [6.07, 6.45) is 0.580. The van der Waals surface area contributed by atoms with Gasteiger partial charge in [0.05, 0.1) is 26.6 Å². The van der Waals surface area contributed by atoms with E-state index in [2.05, 4.69) is 4.74 Å². The summed E-state index contributed by atoms with van der Waals surface area (Å²) in [5.74, 6) is -0.0139. The predicted octanol–water partition coefficient (Wildman–Crippen LogP) is 1.34. The maximum atomic E-state index is 11.4. The van der Waals surface area contributed by atoms with Crippen molar-refractivity contribution in [3.05, 3.63) is 23.8 Å². The molecule has 1 fully saturated rings. The van der Waals surface area contributed by atoms with Crippen molar-refractivity contribution in [1.29, 1.82) is 0 Å². The third kappa shape index (κ3) is 2.61. The second-order valence-electron chi connectivity index (χ2n) is 4.12. The smallest absolute Gasteiger partial charge is 0.317 e. The number of ether oxygens (including phenoxy) is 3. The van der Waals surface area contributed by atoms with E-state index in [0.717, 1.165) is 5.56 Å². The average Bonchev–Trinajstić information content (AvgIpc) is 2.67. The summed E-state index contributed by atoms with van der Waals surface area (Å²) in [6, 6.07) is 5.39. The first-order chi connectivity index (χ1) is 8.62. The van der Waals surface area contributed by atoms with Crippen LogP contribution in [0.25, 0.3) is 0 Å². The van der Waals surface area contributed by atoms with Gasteiger partial charge in [-0.05, 0) is 24.1 Å². The summed E-state index contributed by atoms with van der Waals surface area (Å²) < 4.78 is 14.8. The molecule has 1 aliphatic heterocycles. The molecule has 1 atom stereocenters. The topological polar surface area (TPSA) is 61.8 Å².